The average Bonchev–Trinajstić information content (AvgIpc) is 2.42. The predicted molar refractivity (Wildman–Crippen MR) is 80.3 cm³/mol. The highest BCUT2D eigenvalue weighted by Crippen LogP contribution is 2.24. The van der Waals surface area contributed by atoms with Crippen LogP contribution in [0.5, 0.6) is 0 Å². The summed E-state index contributed by atoms with van der Waals surface area (Å²) >= 11 is 9.26. The van der Waals surface area contributed by atoms with Crippen LogP contribution in [0.15, 0.2) is 22.7 Å². The molecule has 0 N–H and O–H groups in total. The van der Waals surface area contributed by atoms with E-state index in [4.69, 9.17) is 18.0 Å². The molecule has 1 aromatic rings. The van der Waals surface area contributed by atoms with Gasteiger partial charge in [-0.25, -0.2) is 0 Å². The number of terminal acetylenes is 1. The van der Waals surface area contributed by atoms with E-state index in [0.29, 0.717) is 30.2 Å². The third-order valence-electron chi connectivity index (χ3n) is 3.14. The lowest BCUT2D eigenvalue weighted by Gasteiger charge is -2.33. The van der Waals surface area contributed by atoms with E-state index in [1.165, 1.54) is 0 Å². The third-order valence-corrected chi connectivity index (χ3v) is 4.35. The summed E-state index contributed by atoms with van der Waals surface area (Å²) in [5.41, 5.74) is 0.654. The molecule has 5 heteroatoms. The van der Waals surface area contributed by atoms with E-state index < -0.39 is 0 Å². The Morgan fingerprint density at radius 2 is 2.05 bits per heavy atom. The van der Waals surface area contributed by atoms with Gasteiger partial charge in [0, 0.05) is 36.2 Å². The number of amides is 1. The first kappa shape index (κ1) is 14.4. The quantitative estimate of drug-likeness (QED) is 0.772. The summed E-state index contributed by atoms with van der Waals surface area (Å²) in [5.74, 6) is 2.67. The molecule has 1 aliphatic rings. The van der Waals surface area contributed by atoms with Crippen LogP contribution in [0, 0.1) is 12.3 Å². The molecule has 0 aromatic heterocycles. The number of piperazine rings is 1. The zero-order chi connectivity index (χ0) is 13.8. The lowest BCUT2D eigenvalue weighted by molar-refractivity contribution is 0.0652. The van der Waals surface area contributed by atoms with Crippen LogP contribution < -0.4 is 0 Å². The number of rotatable bonds is 2. The van der Waals surface area contributed by atoms with Gasteiger partial charge in [-0.1, -0.05) is 17.5 Å². The Balaban J connectivity index is 2.01. The Morgan fingerprint density at radius 1 is 1.37 bits per heavy atom. The maximum Gasteiger partial charge on any atom is 0.253 e. The number of carbonyl (C=O) groups is 1. The van der Waals surface area contributed by atoms with Crippen molar-refractivity contribution in [3.05, 3.63) is 33.3 Å². The summed E-state index contributed by atoms with van der Waals surface area (Å²) in [6, 6.07) is 5.25. The van der Waals surface area contributed by atoms with Crippen LogP contribution in [0.1, 0.15) is 10.4 Å². The van der Waals surface area contributed by atoms with E-state index in [1.54, 1.807) is 18.2 Å². The number of hydrogen-bond donors (Lipinski definition) is 0. The van der Waals surface area contributed by atoms with E-state index in [9.17, 15) is 4.79 Å². The molecule has 0 unspecified atom stereocenters. The minimum absolute atomic E-state index is 0.0396. The van der Waals surface area contributed by atoms with Crippen molar-refractivity contribution in [3.8, 4) is 12.3 Å². The Bertz CT molecular complexity index is 519. The Labute approximate surface area is 126 Å². The van der Waals surface area contributed by atoms with Crippen LogP contribution in [0.4, 0.5) is 0 Å². The van der Waals surface area contributed by atoms with Gasteiger partial charge < -0.3 is 4.90 Å². The molecule has 1 heterocycles. The summed E-state index contributed by atoms with van der Waals surface area (Å²) in [5, 5.41) is 0.607. The van der Waals surface area contributed by atoms with E-state index in [0.717, 1.165) is 17.6 Å². The summed E-state index contributed by atoms with van der Waals surface area (Å²) in [4.78, 5) is 16.3. The van der Waals surface area contributed by atoms with Crippen LogP contribution in [-0.2, 0) is 0 Å². The summed E-state index contributed by atoms with van der Waals surface area (Å²) < 4.78 is 0.742. The zero-order valence-electron chi connectivity index (χ0n) is 10.4. The van der Waals surface area contributed by atoms with Crippen LogP contribution in [-0.4, -0.2) is 48.4 Å². The standard InChI is InChI=1S/C14H14BrClN2O/c1-2-5-17-6-8-18(9-7-17)14(19)11-3-4-13(16)12(15)10-11/h1,3-4,10H,5-9H2. The molecule has 100 valence electrons. The molecule has 1 amide bonds. The van der Waals surface area contributed by atoms with Gasteiger partial charge in [0.05, 0.1) is 11.6 Å². The first-order valence-electron chi connectivity index (χ1n) is 6.02. The van der Waals surface area contributed by atoms with Crippen molar-refractivity contribution in [1.82, 2.24) is 9.80 Å². The van der Waals surface area contributed by atoms with Crippen molar-refractivity contribution in [3.63, 3.8) is 0 Å². The van der Waals surface area contributed by atoms with E-state index in [-0.39, 0.29) is 5.91 Å². The molecule has 0 bridgehead atoms. The van der Waals surface area contributed by atoms with Gasteiger partial charge in [-0.15, -0.1) is 6.42 Å². The van der Waals surface area contributed by atoms with Crippen molar-refractivity contribution >= 4 is 33.4 Å². The van der Waals surface area contributed by atoms with Gasteiger partial charge in [0.1, 0.15) is 0 Å². The van der Waals surface area contributed by atoms with Gasteiger partial charge in [0.2, 0.25) is 0 Å². The molecule has 1 aromatic carbocycles. The lowest BCUT2D eigenvalue weighted by Crippen LogP contribution is -2.48. The number of nitrogens with zero attached hydrogens (tertiary/aromatic N) is 2. The highest BCUT2D eigenvalue weighted by molar-refractivity contribution is 9.10. The maximum absolute atomic E-state index is 12.3. The Hall–Kier alpha value is -1.02. The molecule has 0 spiro atoms. The number of benzene rings is 1. The van der Waals surface area contributed by atoms with Crippen molar-refractivity contribution in [2.45, 2.75) is 0 Å². The molecule has 0 saturated carbocycles. The maximum atomic E-state index is 12.3. The summed E-state index contributed by atoms with van der Waals surface area (Å²) in [6.07, 6.45) is 5.29. The SMILES string of the molecule is C#CCN1CCN(C(=O)c2ccc(Cl)c(Br)c2)CC1. The second-order valence-electron chi connectivity index (χ2n) is 4.40. The molecule has 3 nitrogen and oxygen atoms in total. The highest BCUT2D eigenvalue weighted by atomic mass is 79.9. The number of halogens is 2. The zero-order valence-corrected chi connectivity index (χ0v) is 12.7. The first-order chi connectivity index (χ1) is 9.11. The largest absolute Gasteiger partial charge is 0.336 e. The van der Waals surface area contributed by atoms with Gasteiger partial charge in [0.15, 0.2) is 0 Å². The van der Waals surface area contributed by atoms with Crippen LogP contribution in [0.3, 0.4) is 0 Å². The fraction of sp³-hybridized carbons (Fsp3) is 0.357. The summed E-state index contributed by atoms with van der Waals surface area (Å²) in [7, 11) is 0. The minimum Gasteiger partial charge on any atom is -0.336 e. The monoisotopic (exact) mass is 340 g/mol. The molecule has 1 fully saturated rings. The molecule has 19 heavy (non-hydrogen) atoms. The molecular weight excluding hydrogens is 328 g/mol. The van der Waals surface area contributed by atoms with Gasteiger partial charge >= 0.3 is 0 Å². The smallest absolute Gasteiger partial charge is 0.253 e. The van der Waals surface area contributed by atoms with Crippen molar-refractivity contribution in [1.29, 1.82) is 0 Å². The fourth-order valence-electron chi connectivity index (χ4n) is 2.05. The molecule has 1 saturated heterocycles. The molecule has 0 atom stereocenters. The van der Waals surface area contributed by atoms with E-state index in [2.05, 4.69) is 26.8 Å². The minimum atomic E-state index is 0.0396. The van der Waals surface area contributed by atoms with Crippen LogP contribution in [0.2, 0.25) is 5.02 Å². The topological polar surface area (TPSA) is 23.6 Å². The molecular formula is C14H14BrClN2O. The van der Waals surface area contributed by atoms with E-state index >= 15 is 0 Å². The molecule has 0 radical (unpaired) electrons. The second kappa shape index (κ2) is 6.42. The van der Waals surface area contributed by atoms with Crippen molar-refractivity contribution in [2.24, 2.45) is 0 Å². The van der Waals surface area contributed by atoms with Crippen LogP contribution in [0.25, 0.3) is 0 Å². The average molecular weight is 342 g/mol. The molecule has 1 aliphatic heterocycles. The lowest BCUT2D eigenvalue weighted by atomic mass is 10.2. The predicted octanol–water partition coefficient (Wildman–Crippen LogP) is 2.49. The van der Waals surface area contributed by atoms with Crippen molar-refractivity contribution in [2.75, 3.05) is 32.7 Å². The van der Waals surface area contributed by atoms with E-state index in [1.807, 2.05) is 4.90 Å². The van der Waals surface area contributed by atoms with Crippen LogP contribution >= 0.6 is 27.5 Å². The van der Waals surface area contributed by atoms with Crippen molar-refractivity contribution < 1.29 is 4.79 Å². The van der Waals surface area contributed by atoms with Gasteiger partial charge in [-0.2, -0.15) is 0 Å². The second-order valence-corrected chi connectivity index (χ2v) is 5.66. The molecule has 0 aliphatic carbocycles. The fourth-order valence-corrected chi connectivity index (χ4v) is 2.55. The Kier molecular flexibility index (Phi) is 4.87. The Morgan fingerprint density at radius 3 is 2.63 bits per heavy atom. The highest BCUT2D eigenvalue weighted by Gasteiger charge is 2.21. The summed E-state index contributed by atoms with van der Waals surface area (Å²) in [6.45, 7) is 3.71. The van der Waals surface area contributed by atoms with Gasteiger partial charge in [0.25, 0.3) is 5.91 Å². The number of hydrogen-bond acceptors (Lipinski definition) is 2. The number of carbonyl (C=O) groups excluding carboxylic acids is 1. The van der Waals surface area contributed by atoms with Gasteiger partial charge in [-0.05, 0) is 34.1 Å². The van der Waals surface area contributed by atoms with Gasteiger partial charge in [-0.3, -0.25) is 9.69 Å². The molecule has 2 rings (SSSR count). The normalized spacial score (nSPS) is 16.2. The third kappa shape index (κ3) is 3.50. The first-order valence-corrected chi connectivity index (χ1v) is 7.19.